The van der Waals surface area contributed by atoms with Gasteiger partial charge in [0.05, 0.1) is 5.69 Å². The lowest BCUT2D eigenvalue weighted by atomic mass is 10.0. The van der Waals surface area contributed by atoms with Crippen LogP contribution in [0.1, 0.15) is 0 Å². The van der Waals surface area contributed by atoms with Crippen LogP contribution < -0.4 is 9.80 Å². The summed E-state index contributed by atoms with van der Waals surface area (Å²) in [5, 5.41) is 5.40. The molecule has 45 heavy (non-hydrogen) atoms. The summed E-state index contributed by atoms with van der Waals surface area (Å²) in [6.07, 6.45) is 0. The molecule has 7 aromatic rings. The number of hydrogen-bond acceptors (Lipinski definition) is 4. The zero-order valence-corrected chi connectivity index (χ0v) is 24.9. The fraction of sp³-hybridized carbons (Fsp3) is 0.0244. The van der Waals surface area contributed by atoms with Crippen molar-refractivity contribution in [2.24, 2.45) is 5.18 Å². The number of rotatable bonds is 8. The summed E-state index contributed by atoms with van der Waals surface area (Å²) < 4.78 is 0. The lowest BCUT2D eigenvalue weighted by Gasteiger charge is -2.27. The lowest BCUT2D eigenvalue weighted by molar-refractivity contribution is 1.21. The van der Waals surface area contributed by atoms with Gasteiger partial charge < -0.3 is 9.80 Å². The average molecular weight is 582 g/mol. The summed E-state index contributed by atoms with van der Waals surface area (Å²) in [6.45, 7) is 0. The molecule has 0 fully saturated rings. The minimum atomic E-state index is 0.425. The minimum Gasteiger partial charge on any atom is -0.345 e. The van der Waals surface area contributed by atoms with Crippen LogP contribution in [-0.2, 0) is 0 Å². The third kappa shape index (κ3) is 5.69. The summed E-state index contributed by atoms with van der Waals surface area (Å²) in [4.78, 5) is 15.2. The van der Waals surface area contributed by atoms with Gasteiger partial charge in [0, 0.05) is 35.2 Å². The van der Waals surface area contributed by atoms with Crippen molar-refractivity contribution >= 4 is 44.9 Å². The Morgan fingerprint density at radius 2 is 0.978 bits per heavy atom. The standard InChI is InChI=1S/C41H31N3O/c1-43(37-27-21-35(42-45)22-28-37)36-23-17-31(18-24-36)32-19-25-38(26-20-32)44(41-16-8-12-33-11-5-6-15-40(33)41)39-14-7-13-34(29-39)30-9-3-2-4-10-30/h2-29H,1H3. The molecule has 0 bridgehead atoms. The van der Waals surface area contributed by atoms with Gasteiger partial charge in [0.15, 0.2) is 0 Å². The Morgan fingerprint density at radius 1 is 0.444 bits per heavy atom. The van der Waals surface area contributed by atoms with Crippen molar-refractivity contribution in [3.05, 3.63) is 175 Å². The first kappa shape index (κ1) is 27.8. The average Bonchev–Trinajstić information content (AvgIpc) is 3.12. The summed E-state index contributed by atoms with van der Waals surface area (Å²) >= 11 is 0. The van der Waals surface area contributed by atoms with Gasteiger partial charge >= 0.3 is 0 Å². The summed E-state index contributed by atoms with van der Waals surface area (Å²) in [7, 11) is 2.02. The molecular formula is C41H31N3O. The molecule has 0 heterocycles. The third-order valence-corrected chi connectivity index (χ3v) is 8.27. The van der Waals surface area contributed by atoms with Gasteiger partial charge in [-0.25, -0.2) is 0 Å². The van der Waals surface area contributed by atoms with Gasteiger partial charge in [-0.3, -0.25) is 0 Å². The Labute approximate surface area is 263 Å². The highest BCUT2D eigenvalue weighted by Crippen LogP contribution is 2.41. The van der Waals surface area contributed by atoms with E-state index >= 15 is 0 Å². The molecular weight excluding hydrogens is 550 g/mol. The van der Waals surface area contributed by atoms with Crippen LogP contribution in [-0.4, -0.2) is 7.05 Å². The summed E-state index contributed by atoms with van der Waals surface area (Å²) in [6, 6.07) is 58.9. The Morgan fingerprint density at radius 3 is 1.67 bits per heavy atom. The molecule has 0 saturated heterocycles. The maximum Gasteiger partial charge on any atom is 0.108 e. The molecule has 7 rings (SSSR count). The van der Waals surface area contributed by atoms with Crippen LogP contribution in [0.15, 0.2) is 175 Å². The summed E-state index contributed by atoms with van der Waals surface area (Å²) in [5.74, 6) is 0. The molecule has 7 aromatic carbocycles. The fourth-order valence-corrected chi connectivity index (χ4v) is 5.85. The van der Waals surface area contributed by atoms with Crippen LogP contribution in [0.25, 0.3) is 33.0 Å². The van der Waals surface area contributed by atoms with E-state index in [9.17, 15) is 4.91 Å². The number of fused-ring (bicyclic) bond motifs is 1. The number of nitrogens with zero attached hydrogens (tertiary/aromatic N) is 3. The van der Waals surface area contributed by atoms with Crippen LogP contribution in [0.2, 0.25) is 0 Å². The molecule has 0 saturated carbocycles. The smallest absolute Gasteiger partial charge is 0.108 e. The van der Waals surface area contributed by atoms with E-state index in [1.54, 1.807) is 12.1 Å². The Bertz CT molecular complexity index is 2070. The van der Waals surface area contributed by atoms with E-state index in [1.165, 1.54) is 21.9 Å². The molecule has 0 unspecified atom stereocenters. The van der Waals surface area contributed by atoms with Crippen LogP contribution in [0.4, 0.5) is 34.1 Å². The van der Waals surface area contributed by atoms with Crippen molar-refractivity contribution in [2.75, 3.05) is 16.8 Å². The van der Waals surface area contributed by atoms with Gasteiger partial charge in [-0.1, -0.05) is 103 Å². The Balaban J connectivity index is 1.24. The predicted octanol–water partition coefficient (Wildman–Crippen LogP) is 11.8. The highest BCUT2D eigenvalue weighted by molar-refractivity contribution is 5.99. The van der Waals surface area contributed by atoms with Crippen molar-refractivity contribution in [1.29, 1.82) is 0 Å². The first-order valence-corrected chi connectivity index (χ1v) is 15.0. The van der Waals surface area contributed by atoms with Crippen molar-refractivity contribution in [1.82, 2.24) is 0 Å². The maximum absolute atomic E-state index is 10.8. The SMILES string of the molecule is CN(c1ccc(N=O)cc1)c1ccc(-c2ccc(N(c3cccc(-c4ccccc4)c3)c3cccc4ccccc34)cc2)cc1. The molecule has 0 atom stereocenters. The van der Waals surface area contributed by atoms with E-state index in [2.05, 4.69) is 161 Å². The quantitative estimate of drug-likeness (QED) is 0.167. The van der Waals surface area contributed by atoms with Gasteiger partial charge in [0.2, 0.25) is 0 Å². The largest absolute Gasteiger partial charge is 0.345 e. The molecule has 0 radical (unpaired) electrons. The molecule has 4 nitrogen and oxygen atoms in total. The van der Waals surface area contributed by atoms with E-state index in [4.69, 9.17) is 0 Å². The van der Waals surface area contributed by atoms with Crippen LogP contribution >= 0.6 is 0 Å². The molecule has 0 aliphatic heterocycles. The second-order valence-electron chi connectivity index (χ2n) is 11.0. The normalized spacial score (nSPS) is 10.9. The number of benzene rings is 7. The van der Waals surface area contributed by atoms with Gasteiger partial charge in [0.1, 0.15) is 5.69 Å². The number of nitroso groups, excluding NO2 is 1. The van der Waals surface area contributed by atoms with Gasteiger partial charge in [-0.05, 0) is 99.5 Å². The van der Waals surface area contributed by atoms with Gasteiger partial charge in [-0.15, -0.1) is 4.91 Å². The van der Waals surface area contributed by atoms with Gasteiger partial charge in [0.25, 0.3) is 0 Å². The third-order valence-electron chi connectivity index (χ3n) is 8.27. The molecule has 4 heteroatoms. The van der Waals surface area contributed by atoms with E-state index in [0.29, 0.717) is 5.69 Å². The lowest BCUT2D eigenvalue weighted by Crippen LogP contribution is -2.10. The van der Waals surface area contributed by atoms with Crippen molar-refractivity contribution in [3.8, 4) is 22.3 Å². The molecule has 0 aliphatic carbocycles. The zero-order valence-electron chi connectivity index (χ0n) is 24.9. The highest BCUT2D eigenvalue weighted by atomic mass is 16.3. The molecule has 0 aliphatic rings. The molecule has 0 N–H and O–H groups in total. The summed E-state index contributed by atoms with van der Waals surface area (Å²) in [5.41, 5.74) is 10.5. The van der Waals surface area contributed by atoms with Crippen molar-refractivity contribution < 1.29 is 0 Å². The molecule has 0 aromatic heterocycles. The number of hydrogen-bond donors (Lipinski definition) is 0. The predicted molar refractivity (Wildman–Crippen MR) is 189 cm³/mol. The fourth-order valence-electron chi connectivity index (χ4n) is 5.85. The second-order valence-corrected chi connectivity index (χ2v) is 11.0. The zero-order chi connectivity index (χ0) is 30.6. The molecule has 216 valence electrons. The first-order chi connectivity index (χ1) is 22.2. The molecule has 0 spiro atoms. The number of anilines is 5. The van der Waals surface area contributed by atoms with E-state index in [-0.39, 0.29) is 0 Å². The highest BCUT2D eigenvalue weighted by Gasteiger charge is 2.16. The van der Waals surface area contributed by atoms with E-state index in [1.807, 2.05) is 19.2 Å². The van der Waals surface area contributed by atoms with Crippen molar-refractivity contribution in [2.45, 2.75) is 0 Å². The maximum atomic E-state index is 10.8. The Kier molecular flexibility index (Phi) is 7.61. The van der Waals surface area contributed by atoms with Crippen LogP contribution in [0.5, 0.6) is 0 Å². The van der Waals surface area contributed by atoms with Crippen LogP contribution in [0, 0.1) is 4.91 Å². The van der Waals surface area contributed by atoms with E-state index < -0.39 is 0 Å². The first-order valence-electron chi connectivity index (χ1n) is 15.0. The van der Waals surface area contributed by atoms with Crippen LogP contribution in [0.3, 0.4) is 0 Å². The second kappa shape index (κ2) is 12.3. The Hall–Kier alpha value is -6.00. The topological polar surface area (TPSA) is 35.9 Å². The monoisotopic (exact) mass is 581 g/mol. The minimum absolute atomic E-state index is 0.425. The van der Waals surface area contributed by atoms with Crippen molar-refractivity contribution in [3.63, 3.8) is 0 Å². The van der Waals surface area contributed by atoms with E-state index in [0.717, 1.165) is 39.6 Å². The molecule has 0 amide bonds. The van der Waals surface area contributed by atoms with Gasteiger partial charge in [-0.2, -0.15) is 0 Å².